The lowest BCUT2D eigenvalue weighted by molar-refractivity contribution is -0.127. The number of methoxy groups -OCH3 is 1. The average molecular weight is 412 g/mol. The van der Waals surface area contributed by atoms with E-state index in [1.807, 2.05) is 30.9 Å². The summed E-state index contributed by atoms with van der Waals surface area (Å²) in [7, 11) is 1.37. The second-order valence-electron chi connectivity index (χ2n) is 5.17. The van der Waals surface area contributed by atoms with Crippen LogP contribution in [0.4, 0.5) is 0 Å². The van der Waals surface area contributed by atoms with Crippen molar-refractivity contribution in [2.24, 2.45) is 0 Å². The van der Waals surface area contributed by atoms with Gasteiger partial charge in [-0.2, -0.15) is 0 Å². The normalized spacial score (nSPS) is 10.6. The second kappa shape index (κ2) is 10.5. The zero-order chi connectivity index (χ0) is 18.9. The molecular weight excluding hydrogens is 390 g/mol. The molecule has 0 aliphatic rings. The van der Waals surface area contributed by atoms with Crippen molar-refractivity contribution in [3.05, 3.63) is 35.4 Å². The summed E-state index contributed by atoms with van der Waals surface area (Å²) >= 11 is 4.50. The summed E-state index contributed by atoms with van der Waals surface area (Å²) in [5.74, 6) is 0.902. The van der Waals surface area contributed by atoms with Gasteiger partial charge < -0.3 is 9.64 Å². The van der Waals surface area contributed by atoms with E-state index < -0.39 is 0 Å². The number of benzene rings is 1. The molecule has 0 unspecified atom stereocenters. The minimum atomic E-state index is -0.339. The van der Waals surface area contributed by atoms with Gasteiger partial charge in [0.2, 0.25) is 5.91 Å². The van der Waals surface area contributed by atoms with Crippen molar-refractivity contribution in [3.8, 4) is 0 Å². The highest BCUT2D eigenvalue weighted by Crippen LogP contribution is 2.30. The van der Waals surface area contributed by atoms with Crippen molar-refractivity contribution < 1.29 is 14.3 Å². The molecule has 0 saturated carbocycles. The summed E-state index contributed by atoms with van der Waals surface area (Å²) in [5, 5.41) is 8.30. The predicted octanol–water partition coefficient (Wildman–Crippen LogP) is 3.58. The third-order valence-corrected chi connectivity index (χ3v) is 6.81. The van der Waals surface area contributed by atoms with E-state index in [-0.39, 0.29) is 11.9 Å². The Morgan fingerprint density at radius 2 is 1.69 bits per heavy atom. The molecule has 0 aliphatic carbocycles. The molecule has 1 amide bonds. The van der Waals surface area contributed by atoms with Gasteiger partial charge in [0.25, 0.3) is 0 Å². The zero-order valence-corrected chi connectivity index (χ0v) is 17.4. The van der Waals surface area contributed by atoms with Gasteiger partial charge in [0.15, 0.2) is 8.68 Å². The highest BCUT2D eigenvalue weighted by molar-refractivity contribution is 8.03. The number of rotatable bonds is 9. The molecule has 1 heterocycles. The van der Waals surface area contributed by atoms with E-state index in [4.69, 9.17) is 0 Å². The SMILES string of the molecule is CCN(CC)C(=O)CSc1nnc(SCc2ccc(C(=O)OC)cc2)s1. The number of carbonyl (C=O) groups is 2. The van der Waals surface area contributed by atoms with Gasteiger partial charge in [-0.05, 0) is 31.5 Å². The Bertz CT molecular complexity index is 730. The first-order chi connectivity index (χ1) is 12.6. The molecule has 2 aromatic rings. The van der Waals surface area contributed by atoms with Crippen LogP contribution in [0.3, 0.4) is 0 Å². The molecule has 0 atom stereocenters. The lowest BCUT2D eigenvalue weighted by atomic mass is 10.1. The van der Waals surface area contributed by atoms with Gasteiger partial charge in [0, 0.05) is 18.8 Å². The summed E-state index contributed by atoms with van der Waals surface area (Å²) in [6, 6.07) is 7.31. The molecule has 0 radical (unpaired) electrons. The summed E-state index contributed by atoms with van der Waals surface area (Å²) in [6.07, 6.45) is 0. The molecule has 2 rings (SSSR count). The lowest BCUT2D eigenvalue weighted by Gasteiger charge is -2.17. The Morgan fingerprint density at radius 1 is 1.08 bits per heavy atom. The first kappa shape index (κ1) is 20.7. The van der Waals surface area contributed by atoms with Crippen molar-refractivity contribution >= 4 is 46.7 Å². The van der Waals surface area contributed by atoms with Crippen molar-refractivity contribution in [1.29, 1.82) is 0 Å². The number of carbonyl (C=O) groups excluding carboxylic acids is 2. The third kappa shape index (κ3) is 6.00. The summed E-state index contributed by atoms with van der Waals surface area (Å²) in [6.45, 7) is 5.40. The van der Waals surface area contributed by atoms with Crippen LogP contribution < -0.4 is 0 Å². The monoisotopic (exact) mass is 411 g/mol. The maximum atomic E-state index is 12.0. The molecule has 0 bridgehead atoms. The van der Waals surface area contributed by atoms with Crippen molar-refractivity contribution in [2.45, 2.75) is 28.3 Å². The van der Waals surface area contributed by atoms with E-state index in [0.717, 1.165) is 33.1 Å². The highest BCUT2D eigenvalue weighted by Gasteiger charge is 2.13. The maximum absolute atomic E-state index is 12.0. The quantitative estimate of drug-likeness (QED) is 0.461. The Balaban J connectivity index is 1.83. The van der Waals surface area contributed by atoms with E-state index in [2.05, 4.69) is 14.9 Å². The topological polar surface area (TPSA) is 72.4 Å². The van der Waals surface area contributed by atoms with Crippen LogP contribution in [-0.2, 0) is 15.3 Å². The van der Waals surface area contributed by atoms with Crippen molar-refractivity contribution in [3.63, 3.8) is 0 Å². The Labute approximate surface area is 165 Å². The molecule has 1 aromatic carbocycles. The van der Waals surface area contributed by atoms with Crippen molar-refractivity contribution in [2.75, 3.05) is 26.0 Å². The molecule has 6 nitrogen and oxygen atoms in total. The molecule has 26 heavy (non-hydrogen) atoms. The number of nitrogens with zero attached hydrogens (tertiary/aromatic N) is 3. The third-order valence-electron chi connectivity index (χ3n) is 3.56. The molecule has 9 heteroatoms. The lowest BCUT2D eigenvalue weighted by Crippen LogP contribution is -2.31. The van der Waals surface area contributed by atoms with E-state index >= 15 is 0 Å². The van der Waals surface area contributed by atoms with E-state index in [9.17, 15) is 9.59 Å². The van der Waals surface area contributed by atoms with Gasteiger partial charge in [-0.25, -0.2) is 4.79 Å². The standard InChI is InChI=1S/C17H21N3O3S3/c1-4-20(5-2)14(21)11-25-17-19-18-16(26-17)24-10-12-6-8-13(9-7-12)15(22)23-3/h6-9H,4-5,10-11H2,1-3H3. The molecule has 1 aromatic heterocycles. The fourth-order valence-corrected chi connectivity index (χ4v) is 4.98. The highest BCUT2D eigenvalue weighted by atomic mass is 32.2. The van der Waals surface area contributed by atoms with Gasteiger partial charge in [0.1, 0.15) is 0 Å². The number of amides is 1. The first-order valence-corrected chi connectivity index (χ1v) is 10.9. The number of thioether (sulfide) groups is 2. The number of ether oxygens (including phenoxy) is 1. The molecule has 0 spiro atoms. The Kier molecular flexibility index (Phi) is 8.40. The fraction of sp³-hybridized carbons (Fsp3) is 0.412. The van der Waals surface area contributed by atoms with Gasteiger partial charge >= 0.3 is 5.97 Å². The van der Waals surface area contributed by atoms with Crippen LogP contribution in [0, 0.1) is 0 Å². The minimum absolute atomic E-state index is 0.120. The van der Waals surface area contributed by atoms with Crippen LogP contribution in [-0.4, -0.2) is 52.9 Å². The summed E-state index contributed by atoms with van der Waals surface area (Å²) < 4.78 is 6.35. The first-order valence-electron chi connectivity index (χ1n) is 8.11. The summed E-state index contributed by atoms with van der Waals surface area (Å²) in [4.78, 5) is 25.2. The van der Waals surface area contributed by atoms with Gasteiger partial charge in [-0.15, -0.1) is 10.2 Å². The predicted molar refractivity (Wildman–Crippen MR) is 106 cm³/mol. The van der Waals surface area contributed by atoms with E-state index in [0.29, 0.717) is 11.3 Å². The molecule has 0 saturated heterocycles. The van der Waals surface area contributed by atoms with Crippen molar-refractivity contribution in [1.82, 2.24) is 15.1 Å². The van der Waals surface area contributed by atoms with Crippen LogP contribution in [0.1, 0.15) is 29.8 Å². The number of hydrogen-bond donors (Lipinski definition) is 0. The van der Waals surface area contributed by atoms with Crippen LogP contribution in [0.5, 0.6) is 0 Å². The van der Waals surface area contributed by atoms with Crippen LogP contribution >= 0.6 is 34.9 Å². The smallest absolute Gasteiger partial charge is 0.337 e. The van der Waals surface area contributed by atoms with E-state index in [1.165, 1.54) is 30.2 Å². The summed E-state index contributed by atoms with van der Waals surface area (Å²) in [5.41, 5.74) is 1.62. The molecular formula is C17H21N3O3S3. The molecule has 0 N–H and O–H groups in total. The number of esters is 1. The number of hydrogen-bond acceptors (Lipinski definition) is 8. The average Bonchev–Trinajstić information content (AvgIpc) is 3.13. The zero-order valence-electron chi connectivity index (χ0n) is 14.9. The van der Waals surface area contributed by atoms with Gasteiger partial charge in [-0.1, -0.05) is 47.0 Å². The van der Waals surface area contributed by atoms with Gasteiger partial charge in [-0.3, -0.25) is 4.79 Å². The largest absolute Gasteiger partial charge is 0.465 e. The van der Waals surface area contributed by atoms with Crippen LogP contribution in [0.15, 0.2) is 32.9 Å². The number of aromatic nitrogens is 2. The van der Waals surface area contributed by atoms with Gasteiger partial charge in [0.05, 0.1) is 18.4 Å². The Hall–Kier alpha value is -1.58. The molecule has 140 valence electrons. The molecule has 0 aliphatic heterocycles. The van der Waals surface area contributed by atoms with Crippen LogP contribution in [0.25, 0.3) is 0 Å². The molecule has 0 fully saturated rings. The van der Waals surface area contributed by atoms with Crippen LogP contribution in [0.2, 0.25) is 0 Å². The maximum Gasteiger partial charge on any atom is 0.337 e. The van der Waals surface area contributed by atoms with E-state index in [1.54, 1.807) is 23.9 Å². The second-order valence-corrected chi connectivity index (χ2v) is 8.59. The minimum Gasteiger partial charge on any atom is -0.465 e. The fourth-order valence-electron chi connectivity index (χ4n) is 2.10. The Morgan fingerprint density at radius 3 is 2.27 bits per heavy atom.